The Morgan fingerprint density at radius 1 is 1.00 bits per heavy atom. The smallest absolute Gasteiger partial charge is 0.255 e. The van der Waals surface area contributed by atoms with E-state index in [4.69, 9.17) is 0 Å². The number of hydrogen-bond acceptors (Lipinski definition) is 2. The summed E-state index contributed by atoms with van der Waals surface area (Å²) in [6.45, 7) is 5.89. The van der Waals surface area contributed by atoms with Crippen molar-refractivity contribution < 1.29 is 9.59 Å². The van der Waals surface area contributed by atoms with Crippen molar-refractivity contribution in [1.29, 1.82) is 0 Å². The van der Waals surface area contributed by atoms with Crippen molar-refractivity contribution in [3.63, 3.8) is 0 Å². The van der Waals surface area contributed by atoms with Crippen LogP contribution in [0.3, 0.4) is 0 Å². The summed E-state index contributed by atoms with van der Waals surface area (Å²) in [5.41, 5.74) is 2.79. The summed E-state index contributed by atoms with van der Waals surface area (Å²) in [5.74, 6) is -0.391. The number of carbonyl (C=O) groups excluding carboxylic acids is 2. The van der Waals surface area contributed by atoms with Crippen LogP contribution in [0, 0.1) is 6.92 Å². The van der Waals surface area contributed by atoms with Crippen LogP contribution in [0.15, 0.2) is 61.2 Å². The highest BCUT2D eigenvalue weighted by atomic mass is 16.2. The summed E-state index contributed by atoms with van der Waals surface area (Å²) in [6.07, 6.45) is 1.61. The molecule has 0 bridgehead atoms. The van der Waals surface area contributed by atoms with E-state index >= 15 is 0 Å². The molecule has 2 aromatic rings. The second-order valence-electron chi connectivity index (χ2n) is 4.85. The maximum absolute atomic E-state index is 12.2. The van der Waals surface area contributed by atoms with Gasteiger partial charge in [0.1, 0.15) is 0 Å². The first kappa shape index (κ1) is 15.5. The molecule has 0 aliphatic rings. The molecule has 2 N–H and O–H groups in total. The lowest BCUT2D eigenvalue weighted by atomic mass is 10.1. The molecule has 0 fully saturated rings. The second kappa shape index (κ2) is 7.22. The van der Waals surface area contributed by atoms with E-state index in [0.29, 0.717) is 17.7 Å². The monoisotopic (exact) mass is 294 g/mol. The number of anilines is 1. The van der Waals surface area contributed by atoms with E-state index in [-0.39, 0.29) is 11.8 Å². The molecule has 112 valence electrons. The minimum atomic E-state index is -0.202. The third-order valence-corrected chi connectivity index (χ3v) is 3.21. The minimum absolute atomic E-state index is 0.189. The highest BCUT2D eigenvalue weighted by Gasteiger charge is 2.09. The van der Waals surface area contributed by atoms with Crippen LogP contribution < -0.4 is 10.6 Å². The van der Waals surface area contributed by atoms with Gasteiger partial charge < -0.3 is 10.6 Å². The average molecular weight is 294 g/mol. The first-order chi connectivity index (χ1) is 10.6. The van der Waals surface area contributed by atoms with Crippen LogP contribution in [-0.4, -0.2) is 18.4 Å². The van der Waals surface area contributed by atoms with Crippen LogP contribution in [0.4, 0.5) is 5.69 Å². The first-order valence-electron chi connectivity index (χ1n) is 6.98. The Labute approximate surface area is 129 Å². The van der Waals surface area contributed by atoms with Gasteiger partial charge >= 0.3 is 0 Å². The minimum Gasteiger partial charge on any atom is -0.349 e. The zero-order valence-corrected chi connectivity index (χ0v) is 12.4. The van der Waals surface area contributed by atoms with Crippen LogP contribution in [0.1, 0.15) is 26.3 Å². The fourth-order valence-corrected chi connectivity index (χ4v) is 1.95. The SMILES string of the molecule is C=CCNC(=O)c1ccc(C(=O)Nc2ccccc2C)cc1. The topological polar surface area (TPSA) is 58.2 Å². The van der Waals surface area contributed by atoms with E-state index in [1.54, 1.807) is 30.3 Å². The zero-order valence-electron chi connectivity index (χ0n) is 12.4. The van der Waals surface area contributed by atoms with Crippen LogP contribution in [0.25, 0.3) is 0 Å². The summed E-state index contributed by atoms with van der Waals surface area (Å²) < 4.78 is 0. The average Bonchev–Trinajstić information content (AvgIpc) is 2.55. The number of nitrogens with one attached hydrogen (secondary N) is 2. The van der Waals surface area contributed by atoms with E-state index in [2.05, 4.69) is 17.2 Å². The van der Waals surface area contributed by atoms with Gasteiger partial charge in [-0.1, -0.05) is 24.3 Å². The molecule has 4 nitrogen and oxygen atoms in total. The predicted molar refractivity (Wildman–Crippen MR) is 88.1 cm³/mol. The molecule has 0 saturated carbocycles. The van der Waals surface area contributed by atoms with Gasteiger partial charge in [0.2, 0.25) is 0 Å². The van der Waals surface area contributed by atoms with Crippen molar-refractivity contribution in [2.75, 3.05) is 11.9 Å². The highest BCUT2D eigenvalue weighted by Crippen LogP contribution is 2.15. The number of benzene rings is 2. The Hall–Kier alpha value is -2.88. The molecule has 2 rings (SSSR count). The Bertz CT molecular complexity index is 690. The fourth-order valence-electron chi connectivity index (χ4n) is 1.95. The molecular weight excluding hydrogens is 276 g/mol. The number of rotatable bonds is 5. The number of hydrogen-bond donors (Lipinski definition) is 2. The highest BCUT2D eigenvalue weighted by molar-refractivity contribution is 6.05. The molecule has 0 spiro atoms. The summed E-state index contributed by atoms with van der Waals surface area (Å²) in [7, 11) is 0. The number of amides is 2. The van der Waals surface area contributed by atoms with Gasteiger partial charge in [-0.3, -0.25) is 9.59 Å². The molecule has 0 saturated heterocycles. The molecule has 22 heavy (non-hydrogen) atoms. The molecule has 2 amide bonds. The second-order valence-corrected chi connectivity index (χ2v) is 4.85. The predicted octanol–water partition coefficient (Wildman–Crippen LogP) is 3.16. The summed E-state index contributed by atoms with van der Waals surface area (Å²) in [4.78, 5) is 24.0. The standard InChI is InChI=1S/C18H18N2O2/c1-3-12-19-17(21)14-8-10-15(11-9-14)18(22)20-16-7-5-4-6-13(16)2/h3-11H,1,12H2,2H3,(H,19,21)(H,20,22). The third kappa shape index (κ3) is 3.82. The molecule has 0 radical (unpaired) electrons. The van der Waals surface area contributed by atoms with E-state index in [1.807, 2.05) is 31.2 Å². The van der Waals surface area contributed by atoms with Crippen LogP contribution in [0.5, 0.6) is 0 Å². The largest absolute Gasteiger partial charge is 0.349 e. The molecule has 4 heteroatoms. The van der Waals surface area contributed by atoms with Gasteiger partial charge in [-0.25, -0.2) is 0 Å². The molecule has 2 aromatic carbocycles. The van der Waals surface area contributed by atoms with Gasteiger partial charge in [0.05, 0.1) is 0 Å². The number of carbonyl (C=O) groups is 2. The molecule has 0 atom stereocenters. The van der Waals surface area contributed by atoms with Crippen LogP contribution in [0.2, 0.25) is 0 Å². The van der Waals surface area contributed by atoms with Crippen molar-refractivity contribution in [3.8, 4) is 0 Å². The van der Waals surface area contributed by atoms with E-state index < -0.39 is 0 Å². The van der Waals surface area contributed by atoms with Crippen molar-refractivity contribution >= 4 is 17.5 Å². The molecule has 0 aliphatic carbocycles. The van der Waals surface area contributed by atoms with E-state index in [1.165, 1.54) is 0 Å². The quantitative estimate of drug-likeness (QED) is 0.832. The van der Waals surface area contributed by atoms with Gasteiger partial charge in [-0.2, -0.15) is 0 Å². The summed E-state index contributed by atoms with van der Waals surface area (Å²) in [6, 6.07) is 14.1. The van der Waals surface area contributed by atoms with E-state index in [9.17, 15) is 9.59 Å². The number of aryl methyl sites for hydroxylation is 1. The lowest BCUT2D eigenvalue weighted by Gasteiger charge is -2.08. The zero-order chi connectivity index (χ0) is 15.9. The first-order valence-corrected chi connectivity index (χ1v) is 6.98. The van der Waals surface area contributed by atoms with E-state index in [0.717, 1.165) is 11.3 Å². The molecule has 0 heterocycles. The Kier molecular flexibility index (Phi) is 5.09. The van der Waals surface area contributed by atoms with Crippen molar-refractivity contribution in [3.05, 3.63) is 77.9 Å². The summed E-state index contributed by atoms with van der Waals surface area (Å²) >= 11 is 0. The Morgan fingerprint density at radius 3 is 2.18 bits per heavy atom. The van der Waals surface area contributed by atoms with Crippen molar-refractivity contribution in [2.45, 2.75) is 6.92 Å². The van der Waals surface area contributed by atoms with Crippen LogP contribution in [-0.2, 0) is 0 Å². The third-order valence-electron chi connectivity index (χ3n) is 3.21. The van der Waals surface area contributed by atoms with Gasteiger partial charge in [-0.15, -0.1) is 6.58 Å². The van der Waals surface area contributed by atoms with Gasteiger partial charge in [0.15, 0.2) is 0 Å². The van der Waals surface area contributed by atoms with Gasteiger partial charge in [-0.05, 0) is 42.8 Å². The lowest BCUT2D eigenvalue weighted by Crippen LogP contribution is -2.23. The maximum atomic E-state index is 12.2. The normalized spacial score (nSPS) is 9.86. The number of para-hydroxylation sites is 1. The molecule has 0 unspecified atom stereocenters. The van der Waals surface area contributed by atoms with Crippen molar-refractivity contribution in [2.24, 2.45) is 0 Å². The molecular formula is C18H18N2O2. The molecule has 0 aliphatic heterocycles. The lowest BCUT2D eigenvalue weighted by molar-refractivity contribution is 0.0956. The maximum Gasteiger partial charge on any atom is 0.255 e. The Balaban J connectivity index is 2.07. The van der Waals surface area contributed by atoms with Gasteiger partial charge in [0.25, 0.3) is 11.8 Å². The van der Waals surface area contributed by atoms with Crippen LogP contribution >= 0.6 is 0 Å². The Morgan fingerprint density at radius 2 is 1.59 bits per heavy atom. The van der Waals surface area contributed by atoms with Gasteiger partial charge in [0, 0.05) is 23.4 Å². The van der Waals surface area contributed by atoms with Crippen molar-refractivity contribution in [1.82, 2.24) is 5.32 Å². The summed E-state index contributed by atoms with van der Waals surface area (Å²) in [5, 5.41) is 5.54. The fraction of sp³-hybridized carbons (Fsp3) is 0.111. The molecule has 0 aromatic heterocycles.